The van der Waals surface area contributed by atoms with E-state index >= 15 is 0 Å². The van der Waals surface area contributed by atoms with Gasteiger partial charge in [-0.1, -0.05) is 6.07 Å². The number of halogens is 2. The first-order valence-electron chi connectivity index (χ1n) is 10.2. The van der Waals surface area contributed by atoms with Gasteiger partial charge in [-0.3, -0.25) is 4.90 Å². The number of aliphatic hydroxyl groups is 1. The van der Waals surface area contributed by atoms with Crippen LogP contribution in [0.25, 0.3) is 10.6 Å². The second-order valence-electron chi connectivity index (χ2n) is 8.00. The topological polar surface area (TPSA) is 68.9 Å². The fraction of sp³-hybridized carbons (Fsp3) is 0.318. The molecule has 2 N–H and O–H groups in total. The molecule has 0 spiro atoms. The molecule has 1 aliphatic rings. The van der Waals surface area contributed by atoms with Gasteiger partial charge in [0.25, 0.3) is 0 Å². The van der Waals surface area contributed by atoms with E-state index in [1.165, 1.54) is 24.8 Å². The summed E-state index contributed by atoms with van der Waals surface area (Å²) in [5, 5.41) is 19.9. The average Bonchev–Trinajstić information content (AvgIpc) is 3.53. The third-order valence-corrected chi connectivity index (χ3v) is 7.90. The first-order chi connectivity index (χ1) is 15.4. The van der Waals surface area contributed by atoms with E-state index in [1.54, 1.807) is 27.4 Å². The number of hydrogen-bond acceptors (Lipinski definition) is 6. The zero-order chi connectivity index (χ0) is 22.3. The highest BCUT2D eigenvalue weighted by Crippen LogP contribution is 2.37. The zero-order valence-corrected chi connectivity index (χ0v) is 19.0. The number of nitrogens with zero attached hydrogens (tertiary/aromatic N) is 4. The van der Waals surface area contributed by atoms with Crippen molar-refractivity contribution in [3.63, 3.8) is 0 Å². The van der Waals surface area contributed by atoms with E-state index in [2.05, 4.69) is 26.4 Å². The zero-order valence-electron chi connectivity index (χ0n) is 17.3. The van der Waals surface area contributed by atoms with E-state index in [0.717, 1.165) is 33.6 Å². The Balaban J connectivity index is 1.47. The van der Waals surface area contributed by atoms with Crippen molar-refractivity contribution in [3.05, 3.63) is 75.4 Å². The molecule has 0 amide bonds. The van der Waals surface area contributed by atoms with Crippen LogP contribution in [0.5, 0.6) is 0 Å². The number of thiazole rings is 1. The van der Waals surface area contributed by atoms with Crippen LogP contribution < -0.4 is 4.68 Å². The molecule has 0 saturated heterocycles. The second kappa shape index (κ2) is 8.43. The highest BCUT2D eigenvalue weighted by molar-refractivity contribution is 7.15. The lowest BCUT2D eigenvalue weighted by molar-refractivity contribution is -0.765. The van der Waals surface area contributed by atoms with Gasteiger partial charge < -0.3 is 5.11 Å². The normalized spacial score (nSPS) is 17.1. The molecule has 0 saturated carbocycles. The van der Waals surface area contributed by atoms with Gasteiger partial charge in [-0.2, -0.15) is 21.1 Å². The molecule has 6 nitrogen and oxygen atoms in total. The van der Waals surface area contributed by atoms with Crippen LogP contribution in [0.15, 0.2) is 47.7 Å². The highest BCUT2D eigenvalue weighted by Gasteiger charge is 2.44. The molecule has 3 aromatic heterocycles. The van der Waals surface area contributed by atoms with Gasteiger partial charge in [0.15, 0.2) is 0 Å². The molecular weight excluding hydrogens is 452 g/mol. The van der Waals surface area contributed by atoms with Crippen molar-refractivity contribution in [2.24, 2.45) is 0 Å². The standard InChI is InChI=1S/C22H21F2N5OS2/c1-14(28-6-4-19-20(9-28)32-21(27-19)15-5-7-31-10-15)22(30,11-29-13-25-12-26-29)17-3-2-16(23)8-18(17)24/h2-3,5,7-8,10,12-14,30H,4,6,9,11H2,1H3/p+1/t14-,22-/m1/s1. The number of H-pyrrole nitrogens is 1. The van der Waals surface area contributed by atoms with E-state index in [-0.39, 0.29) is 12.1 Å². The summed E-state index contributed by atoms with van der Waals surface area (Å²) in [6, 6.07) is 4.92. The first-order valence-corrected chi connectivity index (χ1v) is 12.0. The lowest BCUT2D eigenvalue weighted by Crippen LogP contribution is -2.58. The Morgan fingerprint density at radius 1 is 1.34 bits per heavy atom. The van der Waals surface area contributed by atoms with Crippen LogP contribution in [0, 0.1) is 11.6 Å². The first kappa shape index (κ1) is 21.3. The Hall–Kier alpha value is -2.53. The predicted octanol–water partition coefficient (Wildman–Crippen LogP) is 3.50. The predicted molar refractivity (Wildman–Crippen MR) is 118 cm³/mol. The summed E-state index contributed by atoms with van der Waals surface area (Å²) < 4.78 is 30.0. The minimum Gasteiger partial charge on any atom is -0.379 e. The number of fused-ring (bicyclic) bond motifs is 1. The Labute approximate surface area is 191 Å². The molecule has 5 rings (SSSR count). The van der Waals surface area contributed by atoms with Gasteiger partial charge in [0.2, 0.25) is 6.33 Å². The summed E-state index contributed by atoms with van der Waals surface area (Å²) in [6.45, 7) is 3.21. The summed E-state index contributed by atoms with van der Waals surface area (Å²) in [4.78, 5) is 12.1. The lowest BCUT2D eigenvalue weighted by atomic mass is 9.85. The number of benzene rings is 1. The Kier molecular flexibility index (Phi) is 5.62. The van der Waals surface area contributed by atoms with Crippen molar-refractivity contribution in [2.75, 3.05) is 6.54 Å². The van der Waals surface area contributed by atoms with Crippen LogP contribution in [0.2, 0.25) is 0 Å². The van der Waals surface area contributed by atoms with E-state index in [1.807, 2.05) is 12.3 Å². The maximum absolute atomic E-state index is 14.8. The minimum atomic E-state index is -1.62. The van der Waals surface area contributed by atoms with Crippen LogP contribution in [0.4, 0.5) is 8.78 Å². The Morgan fingerprint density at radius 2 is 2.22 bits per heavy atom. The smallest absolute Gasteiger partial charge is 0.306 e. The van der Waals surface area contributed by atoms with Crippen LogP contribution in [0.1, 0.15) is 23.1 Å². The number of rotatable bonds is 6. The fourth-order valence-electron chi connectivity index (χ4n) is 4.24. The van der Waals surface area contributed by atoms with Crippen molar-refractivity contribution in [2.45, 2.75) is 38.1 Å². The quantitative estimate of drug-likeness (QED) is 0.420. The monoisotopic (exact) mass is 474 g/mol. The summed E-state index contributed by atoms with van der Waals surface area (Å²) in [6.07, 6.45) is 3.77. The summed E-state index contributed by atoms with van der Waals surface area (Å²) >= 11 is 3.30. The third kappa shape index (κ3) is 3.88. The molecular formula is C22H22F2N5OS2+. The largest absolute Gasteiger partial charge is 0.379 e. The summed E-state index contributed by atoms with van der Waals surface area (Å²) in [7, 11) is 0. The van der Waals surface area contributed by atoms with Crippen molar-refractivity contribution < 1.29 is 18.6 Å². The highest BCUT2D eigenvalue weighted by atomic mass is 32.1. The van der Waals surface area contributed by atoms with Gasteiger partial charge in [-0.25, -0.2) is 13.8 Å². The third-order valence-electron chi connectivity index (χ3n) is 6.08. The van der Waals surface area contributed by atoms with Crippen molar-refractivity contribution in [3.8, 4) is 10.6 Å². The molecule has 0 unspecified atom stereocenters. The summed E-state index contributed by atoms with van der Waals surface area (Å²) in [5.41, 5.74) is 0.643. The van der Waals surface area contributed by atoms with E-state index in [9.17, 15) is 13.9 Å². The molecule has 0 bridgehead atoms. The van der Waals surface area contributed by atoms with Crippen LogP contribution in [-0.4, -0.2) is 37.7 Å². The van der Waals surface area contributed by atoms with Gasteiger partial charge in [0.05, 0.1) is 5.69 Å². The molecule has 10 heteroatoms. The number of thiophene rings is 1. The number of hydrogen-bond donors (Lipinski definition) is 2. The van der Waals surface area contributed by atoms with Gasteiger partial charge in [0, 0.05) is 53.0 Å². The average molecular weight is 475 g/mol. The van der Waals surface area contributed by atoms with Crippen LogP contribution in [0.3, 0.4) is 0 Å². The van der Waals surface area contributed by atoms with E-state index in [0.29, 0.717) is 13.1 Å². The molecule has 2 atom stereocenters. The molecule has 0 fully saturated rings. The molecule has 4 aromatic rings. The van der Waals surface area contributed by atoms with E-state index < -0.39 is 23.3 Å². The van der Waals surface area contributed by atoms with Gasteiger partial charge in [-0.05, 0) is 29.4 Å². The van der Waals surface area contributed by atoms with Gasteiger partial charge in [0.1, 0.15) is 28.8 Å². The number of aromatic nitrogens is 4. The number of nitrogens with one attached hydrogen (secondary N) is 1. The van der Waals surface area contributed by atoms with Crippen molar-refractivity contribution in [1.29, 1.82) is 0 Å². The lowest BCUT2D eigenvalue weighted by Gasteiger charge is -2.41. The fourth-order valence-corrected chi connectivity index (χ4v) is 6.09. The maximum Gasteiger partial charge on any atom is 0.306 e. The Morgan fingerprint density at radius 3 is 2.94 bits per heavy atom. The SMILES string of the molecule is C[C@@H](N1CCc2nc(-c3ccsc3)sc2C1)[C@](O)(C[n+]1cnc[nH]1)c1ccc(F)cc1F. The van der Waals surface area contributed by atoms with Crippen molar-refractivity contribution >= 4 is 22.7 Å². The molecule has 32 heavy (non-hydrogen) atoms. The van der Waals surface area contributed by atoms with Gasteiger partial charge >= 0.3 is 6.33 Å². The van der Waals surface area contributed by atoms with Crippen LogP contribution >= 0.6 is 22.7 Å². The Bertz CT molecular complexity index is 1210. The van der Waals surface area contributed by atoms with Crippen molar-refractivity contribution in [1.82, 2.24) is 20.0 Å². The molecule has 0 radical (unpaired) electrons. The molecule has 1 aromatic carbocycles. The maximum atomic E-state index is 14.8. The van der Waals surface area contributed by atoms with Gasteiger partial charge in [-0.15, -0.1) is 11.3 Å². The second-order valence-corrected chi connectivity index (χ2v) is 9.86. The molecule has 1 aliphatic heterocycles. The van der Waals surface area contributed by atoms with E-state index in [4.69, 9.17) is 4.98 Å². The molecule has 4 heterocycles. The summed E-state index contributed by atoms with van der Waals surface area (Å²) in [5.74, 6) is -1.45. The molecule has 0 aliphatic carbocycles. The van der Waals surface area contributed by atoms with Crippen LogP contribution in [-0.2, 0) is 25.1 Å². The molecule has 166 valence electrons. The minimum absolute atomic E-state index is 0.0446. The number of aromatic amines is 1.